The Hall–Kier alpha value is -1.72. The van der Waals surface area contributed by atoms with Crippen molar-refractivity contribution in [3.05, 3.63) is 41.0 Å². The lowest BCUT2D eigenvalue weighted by Gasteiger charge is -2.12. The molecule has 0 spiro atoms. The number of benzene rings is 1. The Bertz CT molecular complexity index is 738. The topological polar surface area (TPSA) is 50.4 Å². The molecular weight excluding hydrogens is 270 g/mol. The fourth-order valence-electron chi connectivity index (χ4n) is 2.06. The second-order valence-electron chi connectivity index (χ2n) is 5.78. The van der Waals surface area contributed by atoms with E-state index in [0.717, 1.165) is 26.9 Å². The van der Waals surface area contributed by atoms with E-state index in [1.807, 2.05) is 30.3 Å². The van der Waals surface area contributed by atoms with Gasteiger partial charge < -0.3 is 5.11 Å². The predicted octanol–water partition coefficient (Wildman–Crippen LogP) is 3.25. The molecule has 0 bridgehead atoms. The molecule has 104 valence electrons. The van der Waals surface area contributed by atoms with Crippen LogP contribution in [0.2, 0.25) is 0 Å². The molecule has 0 amide bonds. The third-order valence-electron chi connectivity index (χ3n) is 3.14. The zero-order valence-corrected chi connectivity index (χ0v) is 12.6. The fraction of sp³-hybridized carbons (Fsp3) is 0.333. The highest BCUT2D eigenvalue weighted by Gasteiger charge is 2.23. The van der Waals surface area contributed by atoms with Crippen LogP contribution in [0.25, 0.3) is 16.2 Å². The Kier molecular flexibility index (Phi) is 3.11. The lowest BCUT2D eigenvalue weighted by atomic mass is 9.98. The molecular formula is C15H17N3OS. The number of hydrogen-bond donors (Lipinski definition) is 1. The number of fused-ring (bicyclic) bond motifs is 1. The van der Waals surface area contributed by atoms with E-state index in [9.17, 15) is 5.11 Å². The van der Waals surface area contributed by atoms with Crippen molar-refractivity contribution in [3.63, 3.8) is 0 Å². The van der Waals surface area contributed by atoms with Crippen molar-refractivity contribution in [1.82, 2.24) is 14.6 Å². The van der Waals surface area contributed by atoms with Gasteiger partial charge in [0.15, 0.2) is 0 Å². The van der Waals surface area contributed by atoms with Crippen LogP contribution in [0.3, 0.4) is 0 Å². The molecule has 0 atom stereocenters. The average molecular weight is 287 g/mol. The van der Waals surface area contributed by atoms with Gasteiger partial charge in [0.1, 0.15) is 5.01 Å². The highest BCUT2D eigenvalue weighted by Crippen LogP contribution is 2.31. The van der Waals surface area contributed by atoms with Crippen LogP contribution in [-0.2, 0) is 12.0 Å². The second-order valence-corrected chi connectivity index (χ2v) is 6.74. The van der Waals surface area contributed by atoms with E-state index in [2.05, 4.69) is 30.9 Å². The van der Waals surface area contributed by atoms with Crippen molar-refractivity contribution >= 4 is 16.3 Å². The SMILES string of the molecule is CC(C)(C)c1nn2c(CO)c(-c3ccccc3)nc2s1. The van der Waals surface area contributed by atoms with Gasteiger partial charge in [-0.25, -0.2) is 9.50 Å². The summed E-state index contributed by atoms with van der Waals surface area (Å²) in [5.41, 5.74) is 2.56. The van der Waals surface area contributed by atoms with Crippen molar-refractivity contribution in [1.29, 1.82) is 0 Å². The Morgan fingerprint density at radius 1 is 1.20 bits per heavy atom. The fourth-order valence-corrected chi connectivity index (χ4v) is 3.04. The van der Waals surface area contributed by atoms with Gasteiger partial charge in [0, 0.05) is 11.0 Å². The van der Waals surface area contributed by atoms with E-state index >= 15 is 0 Å². The first-order chi connectivity index (χ1) is 9.50. The third kappa shape index (κ3) is 2.13. The highest BCUT2D eigenvalue weighted by molar-refractivity contribution is 7.16. The zero-order valence-electron chi connectivity index (χ0n) is 11.8. The minimum absolute atomic E-state index is 0.00893. The molecule has 0 saturated heterocycles. The molecule has 5 heteroatoms. The van der Waals surface area contributed by atoms with E-state index in [-0.39, 0.29) is 12.0 Å². The van der Waals surface area contributed by atoms with Gasteiger partial charge >= 0.3 is 0 Å². The number of aliphatic hydroxyl groups is 1. The molecule has 3 aromatic rings. The minimum atomic E-state index is -0.0707. The van der Waals surface area contributed by atoms with Crippen LogP contribution in [0.1, 0.15) is 31.5 Å². The zero-order chi connectivity index (χ0) is 14.3. The van der Waals surface area contributed by atoms with Gasteiger partial charge in [0.25, 0.3) is 0 Å². The maximum Gasteiger partial charge on any atom is 0.213 e. The largest absolute Gasteiger partial charge is 0.390 e. The molecule has 0 radical (unpaired) electrons. The number of imidazole rings is 1. The summed E-state index contributed by atoms with van der Waals surface area (Å²) >= 11 is 1.58. The number of nitrogens with zero attached hydrogens (tertiary/aromatic N) is 3. The van der Waals surface area contributed by atoms with E-state index < -0.39 is 0 Å². The predicted molar refractivity (Wildman–Crippen MR) is 80.9 cm³/mol. The summed E-state index contributed by atoms with van der Waals surface area (Å²) < 4.78 is 1.77. The summed E-state index contributed by atoms with van der Waals surface area (Å²) in [7, 11) is 0. The van der Waals surface area contributed by atoms with Crippen molar-refractivity contribution in [2.45, 2.75) is 32.8 Å². The summed E-state index contributed by atoms with van der Waals surface area (Å²) in [6.07, 6.45) is 0. The Balaban J connectivity index is 2.19. The minimum Gasteiger partial charge on any atom is -0.390 e. The third-order valence-corrected chi connectivity index (χ3v) is 4.47. The standard InChI is InChI=1S/C15H17N3OS/c1-15(2,3)13-17-18-11(9-19)12(16-14(18)20-13)10-7-5-4-6-8-10/h4-8,19H,9H2,1-3H3. The Labute approximate surface area is 121 Å². The molecule has 3 rings (SSSR count). The van der Waals surface area contributed by atoms with Crippen molar-refractivity contribution in [3.8, 4) is 11.3 Å². The van der Waals surface area contributed by atoms with Gasteiger partial charge in [0.05, 0.1) is 18.0 Å². The van der Waals surface area contributed by atoms with Crippen LogP contribution < -0.4 is 0 Å². The summed E-state index contributed by atoms with van der Waals surface area (Å²) in [4.78, 5) is 5.48. The summed E-state index contributed by atoms with van der Waals surface area (Å²) in [6, 6.07) is 9.90. The number of aromatic nitrogens is 3. The van der Waals surface area contributed by atoms with Crippen LogP contribution in [-0.4, -0.2) is 19.7 Å². The Morgan fingerprint density at radius 2 is 1.90 bits per heavy atom. The van der Waals surface area contributed by atoms with E-state index in [4.69, 9.17) is 0 Å². The Morgan fingerprint density at radius 3 is 2.50 bits per heavy atom. The van der Waals surface area contributed by atoms with Crippen LogP contribution in [0.4, 0.5) is 0 Å². The normalized spacial score (nSPS) is 12.2. The first kappa shape index (κ1) is 13.3. The number of hydrogen-bond acceptors (Lipinski definition) is 4. The maximum absolute atomic E-state index is 9.68. The van der Waals surface area contributed by atoms with E-state index in [1.165, 1.54) is 0 Å². The van der Waals surface area contributed by atoms with E-state index in [0.29, 0.717) is 0 Å². The van der Waals surface area contributed by atoms with Crippen LogP contribution in [0, 0.1) is 0 Å². The molecule has 4 nitrogen and oxygen atoms in total. The molecule has 0 unspecified atom stereocenters. The van der Waals surface area contributed by atoms with Gasteiger partial charge in [-0.1, -0.05) is 62.4 Å². The lowest BCUT2D eigenvalue weighted by molar-refractivity contribution is 0.274. The van der Waals surface area contributed by atoms with Crippen molar-refractivity contribution < 1.29 is 5.11 Å². The second kappa shape index (κ2) is 4.68. The molecule has 0 aliphatic heterocycles. The summed E-state index contributed by atoms with van der Waals surface area (Å²) in [6.45, 7) is 6.31. The lowest BCUT2D eigenvalue weighted by Crippen LogP contribution is -2.11. The molecule has 20 heavy (non-hydrogen) atoms. The monoisotopic (exact) mass is 287 g/mol. The maximum atomic E-state index is 9.68. The molecule has 2 heterocycles. The molecule has 1 aromatic carbocycles. The average Bonchev–Trinajstić information content (AvgIpc) is 2.96. The van der Waals surface area contributed by atoms with Gasteiger partial charge in [-0.2, -0.15) is 5.10 Å². The van der Waals surface area contributed by atoms with Crippen LogP contribution in [0.15, 0.2) is 30.3 Å². The molecule has 0 aliphatic rings. The van der Waals surface area contributed by atoms with Crippen molar-refractivity contribution in [2.24, 2.45) is 0 Å². The summed E-state index contributed by atoms with van der Waals surface area (Å²) in [5.74, 6) is 0. The molecule has 0 saturated carbocycles. The van der Waals surface area contributed by atoms with Gasteiger partial charge in [0.2, 0.25) is 4.96 Å². The molecule has 0 fully saturated rings. The van der Waals surface area contributed by atoms with Gasteiger partial charge in [-0.15, -0.1) is 0 Å². The first-order valence-corrected chi connectivity index (χ1v) is 7.37. The van der Waals surface area contributed by atoms with Crippen molar-refractivity contribution in [2.75, 3.05) is 0 Å². The van der Waals surface area contributed by atoms with Crippen LogP contribution >= 0.6 is 11.3 Å². The molecule has 0 aliphatic carbocycles. The quantitative estimate of drug-likeness (QED) is 0.787. The smallest absolute Gasteiger partial charge is 0.213 e. The number of rotatable bonds is 2. The van der Waals surface area contributed by atoms with E-state index in [1.54, 1.807) is 15.9 Å². The first-order valence-electron chi connectivity index (χ1n) is 6.56. The molecule has 2 aromatic heterocycles. The summed E-state index contributed by atoms with van der Waals surface area (Å²) in [5, 5.41) is 15.3. The highest BCUT2D eigenvalue weighted by atomic mass is 32.1. The molecule has 1 N–H and O–H groups in total. The van der Waals surface area contributed by atoms with Gasteiger partial charge in [-0.3, -0.25) is 0 Å². The van der Waals surface area contributed by atoms with Crippen LogP contribution in [0.5, 0.6) is 0 Å². The number of aliphatic hydroxyl groups excluding tert-OH is 1. The van der Waals surface area contributed by atoms with Gasteiger partial charge in [-0.05, 0) is 0 Å².